The van der Waals surface area contributed by atoms with E-state index in [1.165, 1.54) is 0 Å². The molecule has 0 heterocycles. The molecule has 1 N–H and O–H groups in total. The quantitative estimate of drug-likeness (QED) is 0.581. The van der Waals surface area contributed by atoms with Crippen molar-refractivity contribution in [3.05, 3.63) is 48.1 Å². The van der Waals surface area contributed by atoms with Crippen molar-refractivity contribution < 1.29 is 4.74 Å². The van der Waals surface area contributed by atoms with Gasteiger partial charge in [0.1, 0.15) is 5.75 Å². The van der Waals surface area contributed by atoms with E-state index in [0.29, 0.717) is 12.3 Å². The summed E-state index contributed by atoms with van der Waals surface area (Å²) >= 11 is 0. The van der Waals surface area contributed by atoms with Gasteiger partial charge >= 0.3 is 0 Å². The minimum atomic E-state index is 0.522. The van der Waals surface area contributed by atoms with E-state index in [2.05, 4.69) is 13.5 Å². The molecule has 0 fully saturated rings. The molecule has 1 aromatic rings. The van der Waals surface area contributed by atoms with E-state index in [1.54, 1.807) is 6.92 Å². The Morgan fingerprint density at radius 2 is 2.17 bits per heavy atom. The molecular formula is C16H21NO. The normalized spacial score (nSPS) is 11.2. The van der Waals surface area contributed by atoms with E-state index in [9.17, 15) is 0 Å². The van der Waals surface area contributed by atoms with Crippen LogP contribution in [0.1, 0.15) is 38.3 Å². The van der Waals surface area contributed by atoms with Crippen LogP contribution in [0.3, 0.4) is 0 Å². The Balaban J connectivity index is 3.20. The first kappa shape index (κ1) is 14.2. The number of nitrogens with one attached hydrogen (secondary N) is 1. The fourth-order valence-electron chi connectivity index (χ4n) is 1.75. The predicted octanol–water partition coefficient (Wildman–Crippen LogP) is 4.45. The lowest BCUT2D eigenvalue weighted by molar-refractivity contribution is 0.317. The van der Waals surface area contributed by atoms with Gasteiger partial charge in [0.2, 0.25) is 0 Å². The van der Waals surface area contributed by atoms with Crippen LogP contribution in [-0.4, -0.2) is 12.3 Å². The summed E-state index contributed by atoms with van der Waals surface area (Å²) in [5.41, 5.74) is 3.52. The first-order valence-electron chi connectivity index (χ1n) is 6.25. The molecule has 0 aliphatic heterocycles. The van der Waals surface area contributed by atoms with Crippen molar-refractivity contribution in [1.29, 1.82) is 5.41 Å². The SMILES string of the molecule is C=CC(=CC)c1ccc(C(C)=N)c(OCCC)c1. The molecule has 1 aromatic carbocycles. The van der Waals surface area contributed by atoms with Crippen LogP contribution in [0.25, 0.3) is 5.57 Å². The highest BCUT2D eigenvalue weighted by Gasteiger charge is 2.08. The first-order chi connectivity index (χ1) is 8.63. The first-order valence-corrected chi connectivity index (χ1v) is 6.25. The van der Waals surface area contributed by atoms with Gasteiger partial charge in [-0.25, -0.2) is 0 Å². The van der Waals surface area contributed by atoms with Crippen molar-refractivity contribution in [2.24, 2.45) is 0 Å². The van der Waals surface area contributed by atoms with Crippen molar-refractivity contribution in [2.45, 2.75) is 27.2 Å². The van der Waals surface area contributed by atoms with Gasteiger partial charge in [-0.05, 0) is 43.5 Å². The van der Waals surface area contributed by atoms with E-state index in [0.717, 1.165) is 28.9 Å². The van der Waals surface area contributed by atoms with Crippen LogP contribution in [0, 0.1) is 5.41 Å². The van der Waals surface area contributed by atoms with Gasteiger partial charge in [0, 0.05) is 11.3 Å². The van der Waals surface area contributed by atoms with Crippen molar-refractivity contribution in [3.63, 3.8) is 0 Å². The molecule has 0 saturated heterocycles. The Hall–Kier alpha value is -1.83. The highest BCUT2D eigenvalue weighted by atomic mass is 16.5. The van der Waals surface area contributed by atoms with Gasteiger partial charge in [0.25, 0.3) is 0 Å². The van der Waals surface area contributed by atoms with Gasteiger partial charge < -0.3 is 10.1 Å². The minimum Gasteiger partial charge on any atom is -0.493 e. The fourth-order valence-corrected chi connectivity index (χ4v) is 1.75. The zero-order valence-electron chi connectivity index (χ0n) is 11.4. The number of hydrogen-bond acceptors (Lipinski definition) is 2. The molecule has 0 amide bonds. The largest absolute Gasteiger partial charge is 0.493 e. The molecule has 0 atom stereocenters. The smallest absolute Gasteiger partial charge is 0.128 e. The summed E-state index contributed by atoms with van der Waals surface area (Å²) < 4.78 is 5.73. The third kappa shape index (κ3) is 3.33. The average molecular weight is 243 g/mol. The standard InChI is InChI=1S/C16H21NO/c1-5-10-18-16-11-14(13(6-2)7-3)8-9-15(16)12(4)17/h6-9,11,17H,2,5,10H2,1,3-4H3. The Morgan fingerprint density at radius 3 is 2.67 bits per heavy atom. The lowest BCUT2D eigenvalue weighted by Crippen LogP contribution is -2.02. The zero-order chi connectivity index (χ0) is 13.5. The number of allylic oxidation sites excluding steroid dienone is 3. The molecule has 2 heteroatoms. The number of benzene rings is 1. The molecule has 0 aromatic heterocycles. The van der Waals surface area contributed by atoms with Crippen molar-refractivity contribution >= 4 is 11.3 Å². The molecule has 0 spiro atoms. The Kier molecular flexibility index (Phi) is 5.37. The molecule has 0 saturated carbocycles. The number of ether oxygens (including phenoxy) is 1. The molecule has 0 unspecified atom stereocenters. The summed E-state index contributed by atoms with van der Waals surface area (Å²) in [6, 6.07) is 5.93. The van der Waals surface area contributed by atoms with Gasteiger partial charge in [-0.15, -0.1) is 0 Å². The summed E-state index contributed by atoms with van der Waals surface area (Å²) in [5, 5.41) is 7.76. The third-order valence-corrected chi connectivity index (χ3v) is 2.71. The summed E-state index contributed by atoms with van der Waals surface area (Å²) in [5.74, 6) is 0.781. The monoisotopic (exact) mass is 243 g/mol. The Labute approximate surface area is 110 Å². The zero-order valence-corrected chi connectivity index (χ0v) is 11.4. The van der Waals surface area contributed by atoms with Crippen molar-refractivity contribution in [3.8, 4) is 5.75 Å². The molecule has 0 aliphatic carbocycles. The average Bonchev–Trinajstić information content (AvgIpc) is 2.37. The van der Waals surface area contributed by atoms with E-state index < -0.39 is 0 Å². The maximum absolute atomic E-state index is 7.76. The van der Waals surface area contributed by atoms with Crippen LogP contribution in [0.4, 0.5) is 0 Å². The number of hydrogen-bond donors (Lipinski definition) is 1. The van der Waals surface area contributed by atoms with Crippen LogP contribution in [0.5, 0.6) is 5.75 Å². The van der Waals surface area contributed by atoms with Gasteiger partial charge in [0.15, 0.2) is 0 Å². The topological polar surface area (TPSA) is 33.1 Å². The van der Waals surface area contributed by atoms with Gasteiger partial charge in [0.05, 0.1) is 6.61 Å². The summed E-state index contributed by atoms with van der Waals surface area (Å²) in [7, 11) is 0. The second kappa shape index (κ2) is 6.80. The molecular weight excluding hydrogens is 222 g/mol. The van der Waals surface area contributed by atoms with Crippen molar-refractivity contribution in [1.82, 2.24) is 0 Å². The molecule has 0 radical (unpaired) electrons. The highest BCUT2D eigenvalue weighted by Crippen LogP contribution is 2.26. The second-order valence-electron chi connectivity index (χ2n) is 4.13. The Bertz CT molecular complexity index is 472. The lowest BCUT2D eigenvalue weighted by Gasteiger charge is -2.12. The van der Waals surface area contributed by atoms with E-state index in [4.69, 9.17) is 10.1 Å². The summed E-state index contributed by atoms with van der Waals surface area (Å²) in [6.07, 6.45) is 4.80. The summed E-state index contributed by atoms with van der Waals surface area (Å²) in [6.45, 7) is 10.3. The van der Waals surface area contributed by atoms with Crippen molar-refractivity contribution in [2.75, 3.05) is 6.61 Å². The maximum atomic E-state index is 7.76. The second-order valence-corrected chi connectivity index (χ2v) is 4.13. The van der Waals surface area contributed by atoms with E-state index in [-0.39, 0.29) is 0 Å². The molecule has 96 valence electrons. The third-order valence-electron chi connectivity index (χ3n) is 2.71. The number of rotatable bonds is 6. The molecule has 2 nitrogen and oxygen atoms in total. The minimum absolute atomic E-state index is 0.522. The van der Waals surface area contributed by atoms with E-state index in [1.807, 2.05) is 37.3 Å². The fraction of sp³-hybridized carbons (Fsp3) is 0.312. The van der Waals surface area contributed by atoms with Gasteiger partial charge in [-0.3, -0.25) is 0 Å². The van der Waals surface area contributed by atoms with Crippen LogP contribution in [0.2, 0.25) is 0 Å². The maximum Gasteiger partial charge on any atom is 0.128 e. The molecule has 18 heavy (non-hydrogen) atoms. The molecule has 0 aliphatic rings. The molecule has 1 rings (SSSR count). The Morgan fingerprint density at radius 1 is 1.44 bits per heavy atom. The van der Waals surface area contributed by atoms with Crippen LogP contribution in [-0.2, 0) is 0 Å². The van der Waals surface area contributed by atoms with Crippen LogP contribution < -0.4 is 4.74 Å². The van der Waals surface area contributed by atoms with Crippen LogP contribution in [0.15, 0.2) is 36.9 Å². The molecule has 0 bridgehead atoms. The van der Waals surface area contributed by atoms with E-state index >= 15 is 0 Å². The van der Waals surface area contributed by atoms with Crippen LogP contribution >= 0.6 is 0 Å². The lowest BCUT2D eigenvalue weighted by atomic mass is 10.0. The predicted molar refractivity (Wildman–Crippen MR) is 78.6 cm³/mol. The summed E-state index contributed by atoms with van der Waals surface area (Å²) in [4.78, 5) is 0. The van der Waals surface area contributed by atoms with Gasteiger partial charge in [-0.2, -0.15) is 0 Å². The van der Waals surface area contributed by atoms with Gasteiger partial charge in [-0.1, -0.05) is 31.7 Å². The highest BCUT2D eigenvalue weighted by molar-refractivity contribution is 5.99.